The number of morpholine rings is 1. The number of aromatic nitrogens is 1. The molecule has 0 N–H and O–H groups in total. The van der Waals surface area contributed by atoms with Gasteiger partial charge in [0.05, 0.1) is 24.0 Å². The van der Waals surface area contributed by atoms with Crippen LogP contribution in [0.1, 0.15) is 19.4 Å². The number of nitriles is 1. The van der Waals surface area contributed by atoms with E-state index in [4.69, 9.17) is 4.74 Å². The third-order valence-corrected chi connectivity index (χ3v) is 4.99. The van der Waals surface area contributed by atoms with E-state index < -0.39 is 0 Å². The Hall–Kier alpha value is -1.68. The van der Waals surface area contributed by atoms with Gasteiger partial charge in [-0.25, -0.2) is 0 Å². The van der Waals surface area contributed by atoms with E-state index in [2.05, 4.69) is 39.6 Å². The van der Waals surface area contributed by atoms with Crippen LogP contribution >= 0.6 is 0 Å². The Morgan fingerprint density at radius 1 is 1.29 bits per heavy atom. The molecule has 0 saturated carbocycles. The molecule has 0 amide bonds. The average Bonchev–Trinajstić information content (AvgIpc) is 2.62. The molecule has 2 aliphatic heterocycles. The minimum Gasteiger partial charge on any atom is -0.374 e. The lowest BCUT2D eigenvalue weighted by molar-refractivity contribution is -0.0525. The smallest absolute Gasteiger partial charge is 0.103 e. The Kier molecular flexibility index (Phi) is 5.67. The fraction of sp³-hybridized carbons (Fsp3) is 0.667. The molecule has 0 spiro atoms. The Morgan fingerprint density at radius 3 is 2.79 bits per heavy atom. The summed E-state index contributed by atoms with van der Waals surface area (Å²) in [6, 6.07) is 4.77. The number of ether oxygens (including phenoxy) is 1. The third kappa shape index (κ3) is 4.04. The molecule has 6 heteroatoms. The van der Waals surface area contributed by atoms with Gasteiger partial charge in [0, 0.05) is 64.2 Å². The van der Waals surface area contributed by atoms with Gasteiger partial charge in [0.2, 0.25) is 0 Å². The molecule has 1 atom stereocenters. The number of anilines is 1. The van der Waals surface area contributed by atoms with Crippen LogP contribution in [0.4, 0.5) is 5.69 Å². The van der Waals surface area contributed by atoms with Crippen molar-refractivity contribution < 1.29 is 4.74 Å². The van der Waals surface area contributed by atoms with Crippen molar-refractivity contribution in [1.29, 1.82) is 5.26 Å². The van der Waals surface area contributed by atoms with Gasteiger partial charge in [-0.05, 0) is 19.9 Å². The number of piperazine rings is 1. The molecule has 0 radical (unpaired) electrons. The van der Waals surface area contributed by atoms with Gasteiger partial charge in [0.15, 0.2) is 0 Å². The van der Waals surface area contributed by atoms with Gasteiger partial charge >= 0.3 is 0 Å². The Bertz CT molecular complexity index is 577. The van der Waals surface area contributed by atoms with E-state index in [0.29, 0.717) is 17.7 Å². The summed E-state index contributed by atoms with van der Waals surface area (Å²) >= 11 is 0. The van der Waals surface area contributed by atoms with E-state index in [-0.39, 0.29) is 0 Å². The molecule has 3 rings (SSSR count). The van der Waals surface area contributed by atoms with Gasteiger partial charge in [-0.3, -0.25) is 14.8 Å². The van der Waals surface area contributed by atoms with Crippen molar-refractivity contribution in [3.05, 3.63) is 24.0 Å². The zero-order valence-electron chi connectivity index (χ0n) is 14.7. The molecule has 0 aliphatic carbocycles. The van der Waals surface area contributed by atoms with E-state index in [1.807, 2.05) is 6.07 Å². The second-order valence-corrected chi connectivity index (χ2v) is 6.87. The van der Waals surface area contributed by atoms with E-state index in [0.717, 1.165) is 58.1 Å². The first-order valence-corrected chi connectivity index (χ1v) is 8.84. The predicted octanol–water partition coefficient (Wildman–Crippen LogP) is 1.18. The first-order chi connectivity index (χ1) is 11.7. The van der Waals surface area contributed by atoms with Gasteiger partial charge in [-0.15, -0.1) is 0 Å². The number of hydrogen-bond donors (Lipinski definition) is 0. The monoisotopic (exact) mass is 329 g/mol. The molecule has 24 heavy (non-hydrogen) atoms. The molecule has 2 saturated heterocycles. The maximum atomic E-state index is 9.24. The lowest BCUT2D eigenvalue weighted by Gasteiger charge is -2.40. The van der Waals surface area contributed by atoms with Crippen molar-refractivity contribution in [3.8, 4) is 6.07 Å². The van der Waals surface area contributed by atoms with Crippen LogP contribution in [0.5, 0.6) is 0 Å². The largest absolute Gasteiger partial charge is 0.374 e. The van der Waals surface area contributed by atoms with Crippen molar-refractivity contribution in [3.63, 3.8) is 0 Å². The number of nitrogens with zero attached hydrogens (tertiary/aromatic N) is 5. The van der Waals surface area contributed by atoms with Crippen LogP contribution in [0.15, 0.2) is 18.5 Å². The summed E-state index contributed by atoms with van der Waals surface area (Å²) in [5, 5.41) is 9.24. The summed E-state index contributed by atoms with van der Waals surface area (Å²) < 4.78 is 5.96. The van der Waals surface area contributed by atoms with Crippen molar-refractivity contribution in [1.82, 2.24) is 14.8 Å². The summed E-state index contributed by atoms with van der Waals surface area (Å²) in [5.74, 6) is 0. The van der Waals surface area contributed by atoms with Crippen molar-refractivity contribution in [2.24, 2.45) is 0 Å². The van der Waals surface area contributed by atoms with E-state index in [1.165, 1.54) is 0 Å². The van der Waals surface area contributed by atoms with Crippen LogP contribution in [-0.4, -0.2) is 79.3 Å². The van der Waals surface area contributed by atoms with E-state index in [1.54, 1.807) is 12.4 Å². The van der Waals surface area contributed by atoms with Crippen LogP contribution in [0.2, 0.25) is 0 Å². The molecule has 0 aromatic carbocycles. The molecular weight excluding hydrogens is 302 g/mol. The molecular formula is C18H27N5O. The molecule has 6 nitrogen and oxygen atoms in total. The minimum absolute atomic E-state index is 0.309. The van der Waals surface area contributed by atoms with E-state index in [9.17, 15) is 5.26 Å². The fourth-order valence-corrected chi connectivity index (χ4v) is 3.53. The molecule has 1 aromatic rings. The summed E-state index contributed by atoms with van der Waals surface area (Å²) in [6.45, 7) is 12.3. The third-order valence-electron chi connectivity index (χ3n) is 4.99. The van der Waals surface area contributed by atoms with E-state index >= 15 is 0 Å². The zero-order valence-corrected chi connectivity index (χ0v) is 14.7. The summed E-state index contributed by atoms with van der Waals surface area (Å²) in [6.07, 6.45) is 3.72. The Balaban J connectivity index is 1.51. The topological polar surface area (TPSA) is 55.6 Å². The Morgan fingerprint density at radius 2 is 2.08 bits per heavy atom. The first-order valence-electron chi connectivity index (χ1n) is 8.84. The highest BCUT2D eigenvalue weighted by Crippen LogP contribution is 2.20. The standard InChI is InChI=1S/C18H27N5O/c1-15(2)23-9-10-24-17(14-23)13-21-5-7-22(8-6-21)18-3-4-20-12-16(18)11-19/h3-4,12,15,17H,5-10,13-14H2,1-2H3. The molecule has 3 heterocycles. The predicted molar refractivity (Wildman–Crippen MR) is 94.1 cm³/mol. The van der Waals surface area contributed by atoms with Crippen LogP contribution < -0.4 is 4.90 Å². The highest BCUT2D eigenvalue weighted by atomic mass is 16.5. The Labute approximate surface area is 144 Å². The van der Waals surface area contributed by atoms with Crippen LogP contribution in [0.3, 0.4) is 0 Å². The van der Waals surface area contributed by atoms with Crippen LogP contribution in [-0.2, 0) is 4.74 Å². The average molecular weight is 329 g/mol. The molecule has 2 aliphatic rings. The second kappa shape index (κ2) is 7.93. The SMILES string of the molecule is CC(C)N1CCOC(CN2CCN(c3ccncc3C#N)CC2)C1. The molecule has 1 unspecified atom stereocenters. The summed E-state index contributed by atoms with van der Waals surface area (Å²) in [7, 11) is 0. The van der Waals surface area contributed by atoms with Gasteiger partial charge < -0.3 is 9.64 Å². The lowest BCUT2D eigenvalue weighted by atomic mass is 10.1. The van der Waals surface area contributed by atoms with Gasteiger partial charge in [0.1, 0.15) is 6.07 Å². The number of hydrogen-bond acceptors (Lipinski definition) is 6. The fourth-order valence-electron chi connectivity index (χ4n) is 3.53. The van der Waals surface area contributed by atoms with Crippen LogP contribution in [0, 0.1) is 11.3 Å². The number of rotatable bonds is 4. The van der Waals surface area contributed by atoms with Gasteiger partial charge in [0.25, 0.3) is 0 Å². The second-order valence-electron chi connectivity index (χ2n) is 6.87. The summed E-state index contributed by atoms with van der Waals surface area (Å²) in [5.41, 5.74) is 1.67. The van der Waals surface area contributed by atoms with Crippen molar-refractivity contribution >= 4 is 5.69 Å². The molecule has 130 valence electrons. The lowest BCUT2D eigenvalue weighted by Crippen LogP contribution is -2.53. The van der Waals surface area contributed by atoms with Gasteiger partial charge in [-0.1, -0.05) is 0 Å². The van der Waals surface area contributed by atoms with Crippen molar-refractivity contribution in [2.45, 2.75) is 26.0 Å². The normalized spacial score (nSPS) is 23.4. The highest BCUT2D eigenvalue weighted by Gasteiger charge is 2.26. The highest BCUT2D eigenvalue weighted by molar-refractivity contribution is 5.58. The molecule has 2 fully saturated rings. The first kappa shape index (κ1) is 17.2. The zero-order chi connectivity index (χ0) is 16.9. The molecule has 0 bridgehead atoms. The van der Waals surface area contributed by atoms with Gasteiger partial charge in [-0.2, -0.15) is 5.26 Å². The molecule has 1 aromatic heterocycles. The maximum Gasteiger partial charge on any atom is 0.103 e. The number of pyridine rings is 1. The quantitative estimate of drug-likeness (QED) is 0.827. The van der Waals surface area contributed by atoms with Crippen molar-refractivity contribution in [2.75, 3.05) is 57.3 Å². The maximum absolute atomic E-state index is 9.24. The van der Waals surface area contributed by atoms with Crippen LogP contribution in [0.25, 0.3) is 0 Å². The summed E-state index contributed by atoms with van der Waals surface area (Å²) in [4.78, 5) is 11.3. The minimum atomic E-state index is 0.309.